The molecule has 11 heteroatoms. The van der Waals surface area contributed by atoms with Gasteiger partial charge in [-0.2, -0.15) is 0 Å². The lowest BCUT2D eigenvalue weighted by Gasteiger charge is -2.29. The van der Waals surface area contributed by atoms with Gasteiger partial charge in [0.2, 0.25) is 5.91 Å². The van der Waals surface area contributed by atoms with Gasteiger partial charge in [0.05, 0.1) is 9.79 Å². The van der Waals surface area contributed by atoms with Gasteiger partial charge in [-0.05, 0) is 25.5 Å². The number of ether oxygens (including phenoxy) is 1. The second-order valence-corrected chi connectivity index (χ2v) is 8.28. The zero-order valence-corrected chi connectivity index (χ0v) is 15.8. The smallest absolute Gasteiger partial charge is 0.330 e. The molecule has 0 spiro atoms. The Labute approximate surface area is 163 Å². The predicted molar refractivity (Wildman–Crippen MR) is 98.4 cm³/mol. The Kier molecular flexibility index (Phi) is 5.29. The van der Waals surface area contributed by atoms with Crippen molar-refractivity contribution in [2.24, 2.45) is 0 Å². The maximum absolute atomic E-state index is 12.3. The highest BCUT2D eigenvalue weighted by molar-refractivity contribution is 8.01. The van der Waals surface area contributed by atoms with Crippen LogP contribution in [0.3, 0.4) is 0 Å². The Morgan fingerprint density at radius 2 is 2.26 bits per heavy atom. The maximum Gasteiger partial charge on any atom is 0.330 e. The molecule has 27 heavy (non-hydrogen) atoms. The lowest BCUT2D eigenvalue weighted by atomic mass is 10.2. The molecule has 2 amide bonds. The molecule has 2 atom stereocenters. The molecule has 2 saturated heterocycles. The van der Waals surface area contributed by atoms with Crippen molar-refractivity contribution in [3.63, 3.8) is 0 Å². The van der Waals surface area contributed by atoms with E-state index in [1.807, 2.05) is 6.92 Å². The van der Waals surface area contributed by atoms with Crippen molar-refractivity contribution in [3.05, 3.63) is 33.3 Å². The van der Waals surface area contributed by atoms with Crippen LogP contribution in [-0.2, 0) is 19.1 Å². The number of esters is 1. The van der Waals surface area contributed by atoms with Crippen molar-refractivity contribution in [2.75, 3.05) is 17.7 Å². The number of anilines is 1. The van der Waals surface area contributed by atoms with E-state index >= 15 is 0 Å². The van der Waals surface area contributed by atoms with Crippen molar-refractivity contribution in [1.29, 1.82) is 0 Å². The van der Waals surface area contributed by atoms with Gasteiger partial charge >= 0.3 is 5.97 Å². The number of thioether (sulfide) groups is 1. The molecule has 1 aromatic carbocycles. The molecule has 0 radical (unpaired) electrons. The van der Waals surface area contributed by atoms with Gasteiger partial charge in [0.1, 0.15) is 11.7 Å². The quantitative estimate of drug-likeness (QED) is 0.446. The van der Waals surface area contributed by atoms with E-state index < -0.39 is 34.3 Å². The summed E-state index contributed by atoms with van der Waals surface area (Å²) >= 11 is 7.31. The summed E-state index contributed by atoms with van der Waals surface area (Å²) < 4.78 is 5.03. The number of halogens is 1. The minimum absolute atomic E-state index is 0.0905. The van der Waals surface area contributed by atoms with E-state index in [0.717, 1.165) is 0 Å². The van der Waals surface area contributed by atoms with Gasteiger partial charge in [-0.25, -0.2) is 4.79 Å². The fourth-order valence-corrected chi connectivity index (χ4v) is 4.77. The fraction of sp³-hybridized carbons (Fsp3) is 0.438. The SMILES string of the molecule is C[C@@]12CCC(=O)N1[C@@H](C(=O)OCC(=O)Nc1cc(Cl)ccc1[N+](=O)[O-])CS2. The molecule has 3 rings (SSSR count). The average Bonchev–Trinajstić information content (AvgIpc) is 3.09. The van der Waals surface area contributed by atoms with E-state index in [0.29, 0.717) is 18.6 Å². The number of nitro benzene ring substituents is 1. The lowest BCUT2D eigenvalue weighted by Crippen LogP contribution is -2.47. The zero-order valence-electron chi connectivity index (χ0n) is 14.3. The summed E-state index contributed by atoms with van der Waals surface area (Å²) in [4.78, 5) is 47.9. The Morgan fingerprint density at radius 3 is 2.96 bits per heavy atom. The Morgan fingerprint density at radius 1 is 1.52 bits per heavy atom. The van der Waals surface area contributed by atoms with Crippen LogP contribution in [0, 0.1) is 10.1 Å². The van der Waals surface area contributed by atoms with Crippen LogP contribution in [0.15, 0.2) is 18.2 Å². The van der Waals surface area contributed by atoms with Gasteiger partial charge in [-0.3, -0.25) is 19.7 Å². The van der Waals surface area contributed by atoms with Gasteiger partial charge < -0.3 is 15.0 Å². The zero-order chi connectivity index (χ0) is 19.8. The molecule has 144 valence electrons. The number of nitro groups is 1. The lowest BCUT2D eigenvalue weighted by molar-refractivity contribution is -0.383. The third-order valence-electron chi connectivity index (χ3n) is 4.49. The van der Waals surface area contributed by atoms with E-state index in [1.165, 1.54) is 34.9 Å². The second-order valence-electron chi connectivity index (χ2n) is 6.34. The second kappa shape index (κ2) is 7.35. The standard InChI is InChI=1S/C16H16ClN3O6S/c1-16-5-4-14(22)19(16)12(8-27-16)15(23)26-7-13(21)18-10-6-9(17)2-3-11(10)20(24)25/h2-3,6,12H,4-5,7-8H2,1H3,(H,18,21)/t12-,16-/m1/s1. The number of carbonyl (C=O) groups excluding carboxylic acids is 3. The number of nitrogens with zero attached hydrogens (tertiary/aromatic N) is 2. The minimum atomic E-state index is -0.741. The number of hydrogen-bond acceptors (Lipinski definition) is 7. The number of benzene rings is 1. The molecule has 0 saturated carbocycles. The summed E-state index contributed by atoms with van der Waals surface area (Å²) in [7, 11) is 0. The molecule has 0 aromatic heterocycles. The number of carbonyl (C=O) groups is 3. The van der Waals surface area contributed by atoms with Crippen LogP contribution in [0.2, 0.25) is 5.02 Å². The molecular formula is C16H16ClN3O6S. The summed E-state index contributed by atoms with van der Waals surface area (Å²) in [5, 5.41) is 13.5. The highest BCUT2D eigenvalue weighted by Gasteiger charge is 2.53. The number of rotatable bonds is 5. The molecule has 0 unspecified atom stereocenters. The van der Waals surface area contributed by atoms with E-state index in [1.54, 1.807) is 0 Å². The minimum Gasteiger partial charge on any atom is -0.454 e. The fourth-order valence-electron chi connectivity index (χ4n) is 3.18. The monoisotopic (exact) mass is 413 g/mol. The van der Waals surface area contributed by atoms with Crippen LogP contribution < -0.4 is 5.32 Å². The van der Waals surface area contributed by atoms with Crippen LogP contribution in [0.1, 0.15) is 19.8 Å². The Bertz CT molecular complexity index is 834. The summed E-state index contributed by atoms with van der Waals surface area (Å²) in [6.07, 6.45) is 1.05. The van der Waals surface area contributed by atoms with Crippen LogP contribution in [0.25, 0.3) is 0 Å². The average molecular weight is 414 g/mol. The van der Waals surface area contributed by atoms with Crippen molar-refractivity contribution in [1.82, 2.24) is 4.90 Å². The predicted octanol–water partition coefficient (Wildman–Crippen LogP) is 2.18. The number of amides is 2. The molecule has 1 aromatic rings. The summed E-state index contributed by atoms with van der Waals surface area (Å²) in [6, 6.07) is 3.00. The molecular weight excluding hydrogens is 398 g/mol. The first-order valence-corrected chi connectivity index (χ1v) is 9.44. The van der Waals surface area contributed by atoms with Gasteiger partial charge in [-0.1, -0.05) is 11.6 Å². The molecule has 2 fully saturated rings. The third kappa shape index (κ3) is 3.86. The van der Waals surface area contributed by atoms with Crippen molar-refractivity contribution in [3.8, 4) is 0 Å². The van der Waals surface area contributed by atoms with Crippen LogP contribution in [-0.4, -0.2) is 50.9 Å². The van der Waals surface area contributed by atoms with Crippen molar-refractivity contribution >= 4 is 52.5 Å². The third-order valence-corrected chi connectivity index (χ3v) is 6.23. The van der Waals surface area contributed by atoms with Gasteiger partial charge in [-0.15, -0.1) is 11.8 Å². The Balaban J connectivity index is 1.60. The molecule has 0 bridgehead atoms. The topological polar surface area (TPSA) is 119 Å². The van der Waals surface area contributed by atoms with Crippen LogP contribution in [0.4, 0.5) is 11.4 Å². The molecule has 9 nitrogen and oxygen atoms in total. The normalized spacial score (nSPS) is 23.9. The highest BCUT2D eigenvalue weighted by Crippen LogP contribution is 2.47. The number of nitrogens with one attached hydrogen (secondary N) is 1. The van der Waals surface area contributed by atoms with Crippen molar-refractivity contribution < 1.29 is 24.0 Å². The van der Waals surface area contributed by atoms with Gasteiger partial charge in [0.25, 0.3) is 11.6 Å². The molecule has 1 N–H and O–H groups in total. The van der Waals surface area contributed by atoms with E-state index in [-0.39, 0.29) is 22.3 Å². The van der Waals surface area contributed by atoms with E-state index in [9.17, 15) is 24.5 Å². The molecule has 2 aliphatic rings. The largest absolute Gasteiger partial charge is 0.454 e. The van der Waals surface area contributed by atoms with Crippen molar-refractivity contribution in [2.45, 2.75) is 30.7 Å². The van der Waals surface area contributed by atoms with Gasteiger partial charge in [0.15, 0.2) is 6.61 Å². The summed E-state index contributed by atoms with van der Waals surface area (Å²) in [5.74, 6) is -1.11. The van der Waals surface area contributed by atoms with E-state index in [2.05, 4.69) is 5.32 Å². The van der Waals surface area contributed by atoms with E-state index in [4.69, 9.17) is 16.3 Å². The maximum atomic E-state index is 12.3. The highest BCUT2D eigenvalue weighted by atomic mass is 35.5. The number of fused-ring (bicyclic) bond motifs is 1. The molecule has 2 aliphatic heterocycles. The summed E-state index contributed by atoms with van der Waals surface area (Å²) in [5.41, 5.74) is -0.419. The first-order chi connectivity index (χ1) is 12.7. The molecule has 0 aliphatic carbocycles. The summed E-state index contributed by atoms with van der Waals surface area (Å²) in [6.45, 7) is 1.28. The van der Waals surface area contributed by atoms with Crippen LogP contribution in [0.5, 0.6) is 0 Å². The number of hydrogen-bond donors (Lipinski definition) is 1. The molecule has 2 heterocycles. The Hall–Kier alpha value is -2.33. The first-order valence-electron chi connectivity index (χ1n) is 8.08. The van der Waals surface area contributed by atoms with Crippen LogP contribution >= 0.6 is 23.4 Å². The first kappa shape index (κ1) is 19.4. The van der Waals surface area contributed by atoms with Gasteiger partial charge in [0, 0.05) is 23.3 Å².